The second-order valence-corrected chi connectivity index (χ2v) is 6.33. The van der Waals surface area contributed by atoms with Gasteiger partial charge in [-0.2, -0.15) is 18.3 Å². The van der Waals surface area contributed by atoms with Crippen molar-refractivity contribution in [2.75, 3.05) is 26.7 Å². The molecule has 2 rings (SSSR count). The van der Waals surface area contributed by atoms with Crippen LogP contribution < -0.4 is 0 Å². The van der Waals surface area contributed by atoms with Crippen LogP contribution in [0.3, 0.4) is 0 Å². The molecule has 0 unspecified atom stereocenters. The summed E-state index contributed by atoms with van der Waals surface area (Å²) in [6.45, 7) is 6.31. The molecule has 0 atom stereocenters. The zero-order chi connectivity index (χ0) is 21.1. The smallest absolute Gasteiger partial charge is 0.342 e. The van der Waals surface area contributed by atoms with Crippen LogP contribution in [0.5, 0.6) is 0 Å². The minimum atomic E-state index is -4.47. The molecule has 2 aromatic rings. The quantitative estimate of drug-likeness (QED) is 0.754. The molecule has 1 aromatic heterocycles. The molecule has 6 nitrogen and oxygen atoms in total. The van der Waals surface area contributed by atoms with Crippen LogP contribution in [0.4, 0.5) is 13.2 Å². The summed E-state index contributed by atoms with van der Waals surface area (Å²) in [6, 6.07) is 4.72. The van der Waals surface area contributed by atoms with Crippen LogP contribution in [0.25, 0.3) is 5.69 Å². The molecule has 2 amide bonds. The number of carbonyl (C=O) groups excluding carboxylic acids is 2. The molecule has 0 saturated heterocycles. The largest absolute Gasteiger partial charge is 0.416 e. The van der Waals surface area contributed by atoms with Crippen molar-refractivity contribution < 1.29 is 22.8 Å². The summed E-state index contributed by atoms with van der Waals surface area (Å²) in [5, 5.41) is 4.07. The fourth-order valence-corrected chi connectivity index (χ4v) is 2.85. The van der Waals surface area contributed by atoms with Gasteiger partial charge in [0.2, 0.25) is 5.91 Å². The highest BCUT2D eigenvalue weighted by atomic mass is 19.4. The van der Waals surface area contributed by atoms with Gasteiger partial charge in [-0.25, -0.2) is 4.68 Å². The molecule has 0 aliphatic rings. The molecule has 0 N–H and O–H groups in total. The summed E-state index contributed by atoms with van der Waals surface area (Å²) in [7, 11) is 1.50. The molecule has 0 aliphatic heterocycles. The lowest BCUT2D eigenvalue weighted by atomic mass is 10.2. The monoisotopic (exact) mass is 396 g/mol. The van der Waals surface area contributed by atoms with E-state index in [0.717, 1.165) is 12.1 Å². The van der Waals surface area contributed by atoms with Gasteiger partial charge in [-0.15, -0.1) is 0 Å². The molecule has 0 radical (unpaired) electrons. The lowest BCUT2D eigenvalue weighted by Crippen LogP contribution is -2.41. The molecule has 152 valence electrons. The highest BCUT2D eigenvalue weighted by Gasteiger charge is 2.31. The SMILES string of the molecule is CCN(CC)C(=O)CN(C)C(=O)c1cnn(-c2cccc(C(F)(F)F)c2)c1C. The van der Waals surface area contributed by atoms with E-state index in [1.165, 1.54) is 35.0 Å². The first-order valence-corrected chi connectivity index (χ1v) is 8.85. The molecule has 1 aromatic carbocycles. The lowest BCUT2D eigenvalue weighted by molar-refractivity contribution is -0.137. The number of hydrogen-bond acceptors (Lipinski definition) is 3. The number of halogens is 3. The number of alkyl halides is 3. The van der Waals surface area contributed by atoms with Gasteiger partial charge >= 0.3 is 6.18 Å². The number of benzene rings is 1. The standard InChI is InChI=1S/C19H23F3N4O2/c1-5-25(6-2)17(27)12-24(4)18(28)16-11-23-26(13(16)3)15-9-7-8-14(10-15)19(20,21)22/h7-11H,5-6,12H2,1-4H3. The summed E-state index contributed by atoms with van der Waals surface area (Å²) in [4.78, 5) is 27.8. The van der Waals surface area contributed by atoms with Crippen molar-refractivity contribution in [3.05, 3.63) is 47.3 Å². The Hall–Kier alpha value is -2.84. The molecular formula is C19H23F3N4O2. The molecule has 1 heterocycles. The van der Waals surface area contributed by atoms with E-state index < -0.39 is 17.6 Å². The Labute approximate surface area is 161 Å². The van der Waals surface area contributed by atoms with E-state index in [9.17, 15) is 22.8 Å². The van der Waals surface area contributed by atoms with Crippen molar-refractivity contribution >= 4 is 11.8 Å². The van der Waals surface area contributed by atoms with Gasteiger partial charge in [-0.05, 0) is 39.0 Å². The van der Waals surface area contributed by atoms with E-state index in [1.807, 2.05) is 13.8 Å². The van der Waals surface area contributed by atoms with Gasteiger partial charge in [-0.3, -0.25) is 9.59 Å². The zero-order valence-electron chi connectivity index (χ0n) is 16.2. The number of amides is 2. The first-order valence-electron chi connectivity index (χ1n) is 8.85. The maximum absolute atomic E-state index is 12.9. The summed E-state index contributed by atoms with van der Waals surface area (Å²) >= 11 is 0. The second kappa shape index (κ2) is 8.45. The molecule has 0 saturated carbocycles. The number of hydrogen-bond donors (Lipinski definition) is 0. The Bertz CT molecular complexity index is 857. The van der Waals surface area contributed by atoms with Gasteiger partial charge in [0, 0.05) is 20.1 Å². The Morgan fingerprint density at radius 3 is 2.39 bits per heavy atom. The van der Waals surface area contributed by atoms with E-state index >= 15 is 0 Å². The zero-order valence-corrected chi connectivity index (χ0v) is 16.2. The first kappa shape index (κ1) is 21.5. The Morgan fingerprint density at radius 2 is 1.82 bits per heavy atom. The molecule has 0 spiro atoms. The predicted molar refractivity (Wildman–Crippen MR) is 98.2 cm³/mol. The highest BCUT2D eigenvalue weighted by Crippen LogP contribution is 2.30. The average Bonchev–Trinajstić information content (AvgIpc) is 3.02. The van der Waals surface area contributed by atoms with Crippen LogP contribution in [-0.2, 0) is 11.0 Å². The normalized spacial score (nSPS) is 11.4. The Kier molecular flexibility index (Phi) is 6.48. The van der Waals surface area contributed by atoms with Crippen LogP contribution in [0.1, 0.15) is 35.5 Å². The van der Waals surface area contributed by atoms with Gasteiger partial charge in [0.15, 0.2) is 0 Å². The third kappa shape index (κ3) is 4.52. The number of likely N-dealkylation sites (N-methyl/N-ethyl adjacent to an activating group) is 2. The van der Waals surface area contributed by atoms with Gasteiger partial charge < -0.3 is 9.80 Å². The summed E-state index contributed by atoms with van der Waals surface area (Å²) in [6.07, 6.45) is -3.17. The molecule has 28 heavy (non-hydrogen) atoms. The lowest BCUT2D eigenvalue weighted by Gasteiger charge is -2.23. The van der Waals surface area contributed by atoms with Crippen LogP contribution in [0.15, 0.2) is 30.5 Å². The number of rotatable bonds is 6. The van der Waals surface area contributed by atoms with Crippen molar-refractivity contribution in [2.24, 2.45) is 0 Å². The predicted octanol–water partition coefficient (Wildman–Crippen LogP) is 3.14. The van der Waals surface area contributed by atoms with E-state index in [2.05, 4.69) is 5.10 Å². The maximum atomic E-state index is 12.9. The minimum Gasteiger partial charge on any atom is -0.342 e. The van der Waals surface area contributed by atoms with Crippen LogP contribution >= 0.6 is 0 Å². The Balaban J connectivity index is 2.25. The van der Waals surface area contributed by atoms with Gasteiger partial charge in [0.05, 0.1) is 35.2 Å². The minimum absolute atomic E-state index is 0.0886. The van der Waals surface area contributed by atoms with Crippen LogP contribution in [-0.4, -0.2) is 58.1 Å². The van der Waals surface area contributed by atoms with Crippen molar-refractivity contribution in [1.29, 1.82) is 0 Å². The van der Waals surface area contributed by atoms with Gasteiger partial charge in [0.25, 0.3) is 5.91 Å². The molecule has 0 fully saturated rings. The molecular weight excluding hydrogens is 373 g/mol. The van der Waals surface area contributed by atoms with E-state index in [1.54, 1.807) is 11.8 Å². The average molecular weight is 396 g/mol. The van der Waals surface area contributed by atoms with Gasteiger partial charge in [-0.1, -0.05) is 6.07 Å². The van der Waals surface area contributed by atoms with Gasteiger partial charge in [0.1, 0.15) is 0 Å². The summed E-state index contributed by atoms with van der Waals surface area (Å²) < 4.78 is 40.1. The summed E-state index contributed by atoms with van der Waals surface area (Å²) in [5.41, 5.74) is 0.0293. The summed E-state index contributed by atoms with van der Waals surface area (Å²) in [5.74, 6) is -0.597. The third-order valence-electron chi connectivity index (χ3n) is 4.49. The highest BCUT2D eigenvalue weighted by molar-refractivity contribution is 5.97. The fourth-order valence-electron chi connectivity index (χ4n) is 2.85. The van der Waals surface area contributed by atoms with E-state index in [4.69, 9.17) is 0 Å². The van der Waals surface area contributed by atoms with Crippen molar-refractivity contribution in [2.45, 2.75) is 26.9 Å². The van der Waals surface area contributed by atoms with E-state index in [-0.39, 0.29) is 23.7 Å². The molecule has 0 aliphatic carbocycles. The second-order valence-electron chi connectivity index (χ2n) is 6.33. The van der Waals surface area contributed by atoms with Crippen molar-refractivity contribution in [3.8, 4) is 5.69 Å². The van der Waals surface area contributed by atoms with Crippen molar-refractivity contribution in [1.82, 2.24) is 19.6 Å². The number of nitrogens with zero attached hydrogens (tertiary/aromatic N) is 4. The number of aromatic nitrogens is 2. The van der Waals surface area contributed by atoms with Crippen LogP contribution in [0, 0.1) is 6.92 Å². The maximum Gasteiger partial charge on any atom is 0.416 e. The van der Waals surface area contributed by atoms with Crippen molar-refractivity contribution in [3.63, 3.8) is 0 Å². The third-order valence-corrected chi connectivity index (χ3v) is 4.49. The molecule has 9 heteroatoms. The van der Waals surface area contributed by atoms with Crippen LogP contribution in [0.2, 0.25) is 0 Å². The van der Waals surface area contributed by atoms with E-state index in [0.29, 0.717) is 18.8 Å². The molecule has 0 bridgehead atoms. The Morgan fingerprint density at radius 1 is 1.18 bits per heavy atom. The first-order chi connectivity index (χ1) is 13.1. The number of carbonyl (C=O) groups is 2. The fraction of sp³-hybridized carbons (Fsp3) is 0.421. The topological polar surface area (TPSA) is 58.4 Å².